The molecule has 1 aromatic rings. The van der Waals surface area contributed by atoms with Gasteiger partial charge in [0, 0.05) is 57.9 Å². The van der Waals surface area contributed by atoms with Crippen molar-refractivity contribution in [1.29, 1.82) is 5.26 Å². The van der Waals surface area contributed by atoms with Crippen molar-refractivity contribution in [3.8, 4) is 6.07 Å². The highest BCUT2D eigenvalue weighted by molar-refractivity contribution is 7.86. The zero-order valence-electron chi connectivity index (χ0n) is 17.8. The minimum absolute atomic E-state index is 0.121. The van der Waals surface area contributed by atoms with Gasteiger partial charge in [-0.2, -0.15) is 22.3 Å². The molecule has 2 fully saturated rings. The quantitative estimate of drug-likeness (QED) is 0.677. The lowest BCUT2D eigenvalue weighted by Gasteiger charge is -2.40. The number of halogens is 1. The third kappa shape index (κ3) is 6.16. The molecule has 2 aliphatic rings. The minimum Gasteiger partial charge on any atom is -0.373 e. The van der Waals surface area contributed by atoms with Gasteiger partial charge in [0.2, 0.25) is 5.91 Å². The molecule has 0 radical (unpaired) electrons. The summed E-state index contributed by atoms with van der Waals surface area (Å²) in [7, 11) is -3.51. The number of benzene rings is 1. The SMILES string of the molecule is CC1CN(S(=O)(=O)N2CCN(CCC(=O)Nc3ccc(C#N)c(Cl)c3)CC2)CC(C)O1. The fourth-order valence-electron chi connectivity index (χ4n) is 3.83. The Morgan fingerprint density at radius 3 is 2.42 bits per heavy atom. The first-order valence-corrected chi connectivity index (χ1v) is 12.1. The van der Waals surface area contributed by atoms with Gasteiger partial charge in [-0.05, 0) is 32.0 Å². The highest BCUT2D eigenvalue weighted by Crippen LogP contribution is 2.21. The molecule has 31 heavy (non-hydrogen) atoms. The summed E-state index contributed by atoms with van der Waals surface area (Å²) in [5, 5.41) is 12.0. The molecule has 170 valence electrons. The molecule has 3 rings (SSSR count). The van der Waals surface area contributed by atoms with Gasteiger partial charge in [-0.3, -0.25) is 4.79 Å². The Morgan fingerprint density at radius 1 is 1.19 bits per heavy atom. The smallest absolute Gasteiger partial charge is 0.282 e. The summed E-state index contributed by atoms with van der Waals surface area (Å²) in [4.78, 5) is 14.3. The fraction of sp³-hybridized carbons (Fsp3) is 0.600. The maximum Gasteiger partial charge on any atom is 0.282 e. The Bertz CT molecular complexity index is 933. The van der Waals surface area contributed by atoms with Crippen LogP contribution in [0.1, 0.15) is 25.8 Å². The van der Waals surface area contributed by atoms with Gasteiger partial charge in [-0.1, -0.05) is 11.6 Å². The number of ether oxygens (including phenoxy) is 1. The number of morpholine rings is 1. The molecular formula is C20H28ClN5O4S. The number of nitriles is 1. The van der Waals surface area contributed by atoms with Gasteiger partial charge >= 0.3 is 0 Å². The Kier molecular flexibility index (Phi) is 7.91. The average molecular weight is 470 g/mol. The van der Waals surface area contributed by atoms with Crippen LogP contribution in [0.15, 0.2) is 18.2 Å². The zero-order chi connectivity index (χ0) is 22.6. The highest BCUT2D eigenvalue weighted by atomic mass is 35.5. The van der Waals surface area contributed by atoms with Gasteiger partial charge < -0.3 is 15.0 Å². The number of nitrogens with zero attached hydrogens (tertiary/aromatic N) is 4. The predicted octanol–water partition coefficient (Wildman–Crippen LogP) is 1.51. The van der Waals surface area contributed by atoms with Gasteiger partial charge in [-0.25, -0.2) is 0 Å². The summed E-state index contributed by atoms with van der Waals surface area (Å²) in [6.45, 7) is 6.98. The van der Waals surface area contributed by atoms with Gasteiger partial charge in [0.1, 0.15) is 6.07 Å². The molecular weight excluding hydrogens is 442 g/mol. The van der Waals surface area contributed by atoms with Crippen molar-refractivity contribution in [3.05, 3.63) is 28.8 Å². The zero-order valence-corrected chi connectivity index (χ0v) is 19.3. The van der Waals surface area contributed by atoms with Crippen LogP contribution in [-0.4, -0.2) is 85.9 Å². The molecule has 2 heterocycles. The number of carbonyl (C=O) groups excluding carboxylic acids is 1. The molecule has 11 heteroatoms. The van der Waals surface area contributed by atoms with E-state index >= 15 is 0 Å². The summed E-state index contributed by atoms with van der Waals surface area (Å²) < 4.78 is 34.6. The molecule has 2 aliphatic heterocycles. The lowest BCUT2D eigenvalue weighted by atomic mass is 10.2. The van der Waals surface area contributed by atoms with E-state index in [4.69, 9.17) is 21.6 Å². The topological polar surface area (TPSA) is 106 Å². The second-order valence-electron chi connectivity index (χ2n) is 7.93. The first-order valence-electron chi connectivity index (χ1n) is 10.3. The van der Waals surface area contributed by atoms with E-state index < -0.39 is 10.2 Å². The monoisotopic (exact) mass is 469 g/mol. The van der Waals surface area contributed by atoms with E-state index in [-0.39, 0.29) is 24.5 Å². The van der Waals surface area contributed by atoms with Crippen LogP contribution >= 0.6 is 11.6 Å². The Balaban J connectivity index is 1.45. The largest absolute Gasteiger partial charge is 0.373 e. The number of hydrogen-bond acceptors (Lipinski definition) is 6. The Morgan fingerprint density at radius 2 is 1.84 bits per heavy atom. The second kappa shape index (κ2) is 10.3. The van der Waals surface area contributed by atoms with Crippen LogP contribution in [0, 0.1) is 11.3 Å². The average Bonchev–Trinajstić information content (AvgIpc) is 2.72. The van der Waals surface area contributed by atoms with Crippen LogP contribution in [0.5, 0.6) is 0 Å². The van der Waals surface area contributed by atoms with E-state index in [2.05, 4.69) is 10.2 Å². The maximum absolute atomic E-state index is 13.0. The lowest BCUT2D eigenvalue weighted by molar-refractivity contribution is -0.116. The van der Waals surface area contributed by atoms with Crippen molar-refractivity contribution < 1.29 is 17.9 Å². The van der Waals surface area contributed by atoms with Crippen LogP contribution < -0.4 is 5.32 Å². The summed E-state index contributed by atoms with van der Waals surface area (Å²) in [5.41, 5.74) is 0.896. The highest BCUT2D eigenvalue weighted by Gasteiger charge is 2.36. The van der Waals surface area contributed by atoms with Crippen LogP contribution in [-0.2, 0) is 19.7 Å². The number of carbonyl (C=O) groups is 1. The summed E-state index contributed by atoms with van der Waals surface area (Å²) in [6, 6.07) is 6.73. The number of hydrogen-bond donors (Lipinski definition) is 1. The molecule has 1 N–H and O–H groups in total. The van der Waals surface area contributed by atoms with Gasteiger partial charge in [0.25, 0.3) is 10.2 Å². The van der Waals surface area contributed by atoms with Crippen LogP contribution in [0.3, 0.4) is 0 Å². The van der Waals surface area contributed by atoms with E-state index in [1.807, 2.05) is 19.9 Å². The van der Waals surface area contributed by atoms with E-state index in [1.165, 1.54) is 8.61 Å². The molecule has 0 saturated carbocycles. The summed E-state index contributed by atoms with van der Waals surface area (Å²) in [6.07, 6.45) is 0.0386. The third-order valence-electron chi connectivity index (χ3n) is 5.40. The first-order chi connectivity index (χ1) is 14.7. The van der Waals surface area contributed by atoms with Crippen LogP contribution in [0.25, 0.3) is 0 Å². The van der Waals surface area contributed by atoms with Crippen molar-refractivity contribution in [1.82, 2.24) is 13.5 Å². The number of rotatable bonds is 6. The first kappa shape index (κ1) is 23.9. The summed E-state index contributed by atoms with van der Waals surface area (Å²) >= 11 is 5.99. The molecule has 2 atom stereocenters. The van der Waals surface area contributed by atoms with Gasteiger partial charge in [0.05, 0.1) is 22.8 Å². The molecule has 1 aromatic carbocycles. The fourth-order valence-corrected chi connectivity index (χ4v) is 5.80. The number of piperazine rings is 1. The summed E-state index contributed by atoms with van der Waals surface area (Å²) in [5.74, 6) is -0.160. The third-order valence-corrected chi connectivity index (χ3v) is 7.68. The van der Waals surface area contributed by atoms with Crippen LogP contribution in [0.4, 0.5) is 5.69 Å². The Hall–Kier alpha value is -1.74. The van der Waals surface area contributed by atoms with E-state index in [9.17, 15) is 13.2 Å². The van der Waals surface area contributed by atoms with Crippen molar-refractivity contribution >= 4 is 33.4 Å². The van der Waals surface area contributed by atoms with Crippen molar-refractivity contribution in [2.75, 3.05) is 51.1 Å². The molecule has 0 spiro atoms. The second-order valence-corrected chi connectivity index (χ2v) is 10.3. The standard InChI is InChI=1S/C20H28ClN5O4S/c1-15-13-26(14-16(2)30-15)31(28,29)25-9-7-24(8-10-25)6-5-20(27)23-18-4-3-17(12-22)19(21)11-18/h3-4,11,15-16H,5-10,13-14H2,1-2H3,(H,23,27). The van der Waals surface area contributed by atoms with E-state index in [0.717, 1.165) is 0 Å². The van der Waals surface area contributed by atoms with E-state index in [0.29, 0.717) is 62.1 Å². The van der Waals surface area contributed by atoms with Gasteiger partial charge in [-0.15, -0.1) is 0 Å². The molecule has 2 saturated heterocycles. The molecule has 0 aliphatic carbocycles. The maximum atomic E-state index is 13.0. The lowest BCUT2D eigenvalue weighted by Crippen LogP contribution is -2.57. The molecule has 0 bridgehead atoms. The van der Waals surface area contributed by atoms with E-state index in [1.54, 1.807) is 18.2 Å². The van der Waals surface area contributed by atoms with Crippen molar-refractivity contribution in [3.63, 3.8) is 0 Å². The molecule has 0 aromatic heterocycles. The minimum atomic E-state index is -3.51. The Labute approximate surface area is 188 Å². The predicted molar refractivity (Wildman–Crippen MR) is 118 cm³/mol. The van der Waals surface area contributed by atoms with Crippen molar-refractivity contribution in [2.45, 2.75) is 32.5 Å². The van der Waals surface area contributed by atoms with Crippen LogP contribution in [0.2, 0.25) is 5.02 Å². The number of anilines is 1. The molecule has 2 unspecified atom stereocenters. The number of nitrogens with one attached hydrogen (secondary N) is 1. The van der Waals surface area contributed by atoms with Gasteiger partial charge in [0.15, 0.2) is 0 Å². The molecule has 9 nitrogen and oxygen atoms in total. The number of amides is 1. The molecule has 1 amide bonds. The normalized spacial score (nSPS) is 23.9. The van der Waals surface area contributed by atoms with Crippen molar-refractivity contribution in [2.24, 2.45) is 0 Å².